The molecule has 0 bridgehead atoms. The molecule has 94 valence electrons. The molecule has 2 heterocycles. The van der Waals surface area contributed by atoms with Gasteiger partial charge in [0.2, 0.25) is 5.96 Å². The van der Waals surface area contributed by atoms with Crippen molar-refractivity contribution in [3.63, 3.8) is 0 Å². The maximum Gasteiger partial charge on any atom is 0.275 e. The van der Waals surface area contributed by atoms with Crippen molar-refractivity contribution in [1.29, 1.82) is 0 Å². The zero-order valence-corrected chi connectivity index (χ0v) is 11.2. The van der Waals surface area contributed by atoms with E-state index >= 15 is 0 Å². The molecule has 0 aromatic carbocycles. The largest absolute Gasteiger partial charge is 0.391 e. The molecule has 2 rings (SSSR count). The quantitative estimate of drug-likeness (QED) is 0.754. The second-order valence-corrected chi connectivity index (χ2v) is 7.08. The van der Waals surface area contributed by atoms with Crippen molar-refractivity contribution in [2.24, 2.45) is 4.99 Å². The van der Waals surface area contributed by atoms with Gasteiger partial charge in [0.05, 0.1) is 22.7 Å². The summed E-state index contributed by atoms with van der Waals surface area (Å²) in [5.74, 6) is 0.0906. The van der Waals surface area contributed by atoms with Gasteiger partial charge in [-0.2, -0.15) is 0 Å². The van der Waals surface area contributed by atoms with Crippen LogP contribution in [-0.4, -0.2) is 32.1 Å². The molecule has 6 nitrogen and oxygen atoms in total. The van der Waals surface area contributed by atoms with E-state index in [9.17, 15) is 8.42 Å². The van der Waals surface area contributed by atoms with Gasteiger partial charge in [0.15, 0.2) is 4.21 Å². The Bertz CT molecular complexity index is 565. The number of fused-ring (bicyclic) bond motifs is 1. The summed E-state index contributed by atoms with van der Waals surface area (Å²) in [7, 11) is -3.61. The van der Waals surface area contributed by atoms with Gasteiger partial charge in [-0.25, -0.2) is 18.1 Å². The number of halogens is 1. The first-order valence-electron chi connectivity index (χ1n) is 4.70. The zero-order chi connectivity index (χ0) is 12.6. The first-order chi connectivity index (χ1) is 7.88. The summed E-state index contributed by atoms with van der Waals surface area (Å²) in [6.45, 7) is 1.67. The first kappa shape index (κ1) is 12.6. The number of aliphatic hydroxyl groups is 1. The van der Waals surface area contributed by atoms with Crippen LogP contribution >= 0.6 is 22.9 Å². The lowest BCUT2D eigenvalue weighted by Gasteiger charge is -2.18. The minimum absolute atomic E-state index is 0.0906. The zero-order valence-electron chi connectivity index (χ0n) is 8.77. The number of aliphatic hydroxyl groups excluding tert-OH is 1. The van der Waals surface area contributed by atoms with E-state index in [2.05, 4.69) is 15.0 Å². The number of nitrogens with one attached hydrogen (secondary N) is 2. The number of nitrogens with zero attached hydrogens (tertiary/aromatic N) is 1. The minimum Gasteiger partial charge on any atom is -0.391 e. The van der Waals surface area contributed by atoms with Crippen LogP contribution in [0.1, 0.15) is 6.92 Å². The molecule has 0 unspecified atom stereocenters. The van der Waals surface area contributed by atoms with Crippen LogP contribution in [0.25, 0.3) is 0 Å². The molecule has 0 amide bonds. The summed E-state index contributed by atoms with van der Waals surface area (Å²) >= 11 is 6.73. The molecular weight excluding hydrogens is 286 g/mol. The van der Waals surface area contributed by atoms with Gasteiger partial charge in [-0.3, -0.25) is 0 Å². The Kier molecular flexibility index (Phi) is 3.30. The second kappa shape index (κ2) is 4.45. The van der Waals surface area contributed by atoms with Gasteiger partial charge in [-0.1, -0.05) is 11.6 Å². The third kappa shape index (κ3) is 2.71. The highest BCUT2D eigenvalue weighted by Gasteiger charge is 2.29. The first-order valence-corrected chi connectivity index (χ1v) is 7.38. The Morgan fingerprint density at radius 1 is 1.65 bits per heavy atom. The van der Waals surface area contributed by atoms with E-state index in [-0.39, 0.29) is 16.7 Å². The Morgan fingerprint density at radius 2 is 2.35 bits per heavy atom. The molecular formula is C8H10ClN3O3S2. The average molecular weight is 296 g/mol. The lowest BCUT2D eigenvalue weighted by molar-refractivity contribution is 0.204. The van der Waals surface area contributed by atoms with E-state index in [1.54, 1.807) is 6.92 Å². The highest BCUT2D eigenvalue weighted by Crippen LogP contribution is 2.36. The Hall–Kier alpha value is -0.830. The lowest BCUT2D eigenvalue weighted by Crippen LogP contribution is -2.40. The van der Waals surface area contributed by atoms with Crippen molar-refractivity contribution >= 4 is 44.6 Å². The van der Waals surface area contributed by atoms with Crippen molar-refractivity contribution < 1.29 is 13.5 Å². The van der Waals surface area contributed by atoms with Crippen LogP contribution in [-0.2, 0) is 10.0 Å². The molecule has 0 saturated heterocycles. The standard InChI is InChI=1S/C8H10ClN3O3S2/c1-4(13)3-10-8-11-5-2-6(9)16-7(5)17(14,15)12-8/h2,4,13H,3H2,1H3,(H2,10,11,12)/t4-/m1/s1. The number of rotatable bonds is 2. The molecule has 1 aliphatic heterocycles. The van der Waals surface area contributed by atoms with E-state index in [1.165, 1.54) is 6.07 Å². The summed E-state index contributed by atoms with van der Waals surface area (Å²) < 4.78 is 26.4. The van der Waals surface area contributed by atoms with E-state index in [0.29, 0.717) is 10.0 Å². The van der Waals surface area contributed by atoms with Crippen LogP contribution in [0.3, 0.4) is 0 Å². The fraction of sp³-hybridized carbons (Fsp3) is 0.375. The van der Waals surface area contributed by atoms with Gasteiger partial charge >= 0.3 is 0 Å². The number of sulfonamides is 1. The summed E-state index contributed by atoms with van der Waals surface area (Å²) in [6, 6.07) is 1.53. The predicted octanol–water partition coefficient (Wildman–Crippen LogP) is 0.842. The molecule has 0 spiro atoms. The summed E-state index contributed by atoms with van der Waals surface area (Å²) in [5.41, 5.74) is 0.406. The van der Waals surface area contributed by atoms with Crippen molar-refractivity contribution in [2.75, 3.05) is 11.9 Å². The molecule has 1 aromatic rings. The van der Waals surface area contributed by atoms with E-state index in [0.717, 1.165) is 11.3 Å². The molecule has 0 radical (unpaired) electrons. The molecule has 0 saturated carbocycles. The van der Waals surface area contributed by atoms with Gasteiger partial charge < -0.3 is 10.4 Å². The van der Waals surface area contributed by atoms with Crippen molar-refractivity contribution in [1.82, 2.24) is 4.72 Å². The van der Waals surface area contributed by atoms with E-state index in [1.807, 2.05) is 0 Å². The number of thiophene rings is 1. The molecule has 17 heavy (non-hydrogen) atoms. The molecule has 0 aliphatic carbocycles. The van der Waals surface area contributed by atoms with Gasteiger partial charge in [0.25, 0.3) is 10.0 Å². The molecule has 9 heteroatoms. The van der Waals surface area contributed by atoms with Gasteiger partial charge in [-0.05, 0) is 13.0 Å². The van der Waals surface area contributed by atoms with Crippen LogP contribution < -0.4 is 10.0 Å². The fourth-order valence-electron chi connectivity index (χ4n) is 1.25. The SMILES string of the molecule is C[C@@H](O)CN=C1Nc2cc(Cl)sc2S(=O)(=O)N1. The minimum atomic E-state index is -3.61. The summed E-state index contributed by atoms with van der Waals surface area (Å²) in [5, 5.41) is 11.9. The monoisotopic (exact) mass is 295 g/mol. The van der Waals surface area contributed by atoms with Gasteiger partial charge in [-0.15, -0.1) is 11.3 Å². The molecule has 1 aromatic heterocycles. The second-order valence-electron chi connectivity index (χ2n) is 3.52. The van der Waals surface area contributed by atoms with Crippen molar-refractivity contribution in [3.05, 3.63) is 10.4 Å². The average Bonchev–Trinajstić information content (AvgIpc) is 2.56. The molecule has 3 N–H and O–H groups in total. The van der Waals surface area contributed by atoms with Crippen molar-refractivity contribution in [3.8, 4) is 0 Å². The van der Waals surface area contributed by atoms with Crippen LogP contribution in [0.2, 0.25) is 4.34 Å². The number of anilines is 1. The summed E-state index contributed by atoms with van der Waals surface area (Å²) in [6.07, 6.45) is -0.638. The van der Waals surface area contributed by atoms with E-state index in [4.69, 9.17) is 16.7 Å². The maximum absolute atomic E-state index is 11.8. The van der Waals surface area contributed by atoms with E-state index < -0.39 is 16.1 Å². The summed E-state index contributed by atoms with van der Waals surface area (Å²) in [4.78, 5) is 3.91. The van der Waals surface area contributed by atoms with Gasteiger partial charge in [0.1, 0.15) is 0 Å². The Balaban J connectivity index is 2.34. The smallest absolute Gasteiger partial charge is 0.275 e. The van der Waals surface area contributed by atoms with Crippen LogP contribution in [0, 0.1) is 0 Å². The number of hydrogen-bond donors (Lipinski definition) is 3. The van der Waals surface area contributed by atoms with Crippen LogP contribution in [0.4, 0.5) is 5.69 Å². The lowest BCUT2D eigenvalue weighted by atomic mass is 10.4. The Labute approximate surface area is 107 Å². The van der Waals surface area contributed by atoms with Crippen molar-refractivity contribution in [2.45, 2.75) is 17.2 Å². The topological polar surface area (TPSA) is 90.8 Å². The van der Waals surface area contributed by atoms with Crippen LogP contribution in [0.15, 0.2) is 15.3 Å². The fourth-order valence-corrected chi connectivity index (χ4v) is 4.00. The number of hydrogen-bond acceptors (Lipinski definition) is 5. The third-order valence-electron chi connectivity index (χ3n) is 1.91. The number of aliphatic imine (C=N–C) groups is 1. The molecule has 1 aliphatic rings. The normalized spacial score (nSPS) is 21.5. The molecule has 0 fully saturated rings. The Morgan fingerprint density at radius 3 is 3.00 bits per heavy atom. The predicted molar refractivity (Wildman–Crippen MR) is 67.3 cm³/mol. The highest BCUT2D eigenvalue weighted by atomic mass is 35.5. The van der Waals surface area contributed by atoms with Crippen LogP contribution in [0.5, 0.6) is 0 Å². The van der Waals surface area contributed by atoms with Gasteiger partial charge in [0, 0.05) is 0 Å². The number of guanidine groups is 1. The molecule has 1 atom stereocenters. The third-order valence-corrected chi connectivity index (χ3v) is 5.05. The highest BCUT2D eigenvalue weighted by molar-refractivity contribution is 7.92. The maximum atomic E-state index is 11.8.